The molecule has 5 N–H and O–H groups in total. The molecule has 9 heteroatoms. The number of nitrogens with one attached hydrogen (secondary N) is 1. The van der Waals surface area contributed by atoms with Crippen LogP contribution in [0.2, 0.25) is 0 Å². The van der Waals surface area contributed by atoms with Gasteiger partial charge in [-0.25, -0.2) is 14.6 Å². The molecule has 2 amide bonds. The number of nitrogen functional groups attached to an aromatic ring is 1. The van der Waals surface area contributed by atoms with Crippen LogP contribution in [0.5, 0.6) is 0 Å². The molecule has 1 aliphatic heterocycles. The molecule has 0 bridgehead atoms. The first-order valence-electron chi connectivity index (χ1n) is 11.8. The molecule has 35 heavy (non-hydrogen) atoms. The highest BCUT2D eigenvalue weighted by atomic mass is 16.2. The van der Waals surface area contributed by atoms with E-state index in [2.05, 4.69) is 21.4 Å². The van der Waals surface area contributed by atoms with Crippen molar-refractivity contribution in [2.75, 3.05) is 24.2 Å². The number of aryl methyl sites for hydroxylation is 1. The Morgan fingerprint density at radius 1 is 1.23 bits per heavy atom. The smallest absolute Gasteiger partial charge is 0.269 e. The van der Waals surface area contributed by atoms with Gasteiger partial charge in [0.1, 0.15) is 17.3 Å². The van der Waals surface area contributed by atoms with Gasteiger partial charge in [0.25, 0.3) is 11.8 Å². The molecule has 0 saturated carbocycles. The van der Waals surface area contributed by atoms with E-state index in [1.54, 1.807) is 30.5 Å². The fourth-order valence-electron chi connectivity index (χ4n) is 4.47. The number of hydrogen-bond donors (Lipinski definition) is 3. The Kier molecular flexibility index (Phi) is 7.14. The first-order valence-corrected chi connectivity index (χ1v) is 11.8. The fraction of sp³-hybridized carbons (Fsp3) is 0.308. The van der Waals surface area contributed by atoms with Gasteiger partial charge in [-0.05, 0) is 62.2 Å². The number of carbonyl (C=O) groups excluding carboxylic acids is 2. The van der Waals surface area contributed by atoms with E-state index in [9.17, 15) is 9.59 Å². The number of primary amides is 1. The maximum Gasteiger partial charge on any atom is 0.269 e. The van der Waals surface area contributed by atoms with Gasteiger partial charge in [-0.15, -0.1) is 0 Å². The van der Waals surface area contributed by atoms with E-state index in [0.717, 1.165) is 37.9 Å². The number of benzene rings is 1. The molecule has 3 heterocycles. The molecule has 1 fully saturated rings. The minimum Gasteiger partial charge on any atom is -0.377 e. The van der Waals surface area contributed by atoms with Gasteiger partial charge in [-0.2, -0.15) is 0 Å². The summed E-state index contributed by atoms with van der Waals surface area (Å²) >= 11 is 0. The Labute approximate surface area is 204 Å². The number of nitrogens with zero attached hydrogens (tertiary/aromatic N) is 4. The maximum absolute atomic E-state index is 12.7. The largest absolute Gasteiger partial charge is 0.377 e. The Morgan fingerprint density at radius 2 is 2.00 bits per heavy atom. The lowest BCUT2D eigenvalue weighted by atomic mass is 9.97. The quantitative estimate of drug-likeness (QED) is 0.451. The second kappa shape index (κ2) is 10.4. The molecule has 9 nitrogen and oxygen atoms in total. The van der Waals surface area contributed by atoms with Gasteiger partial charge in [-0.3, -0.25) is 9.59 Å². The van der Waals surface area contributed by atoms with Crippen LogP contribution in [0.25, 0.3) is 11.3 Å². The zero-order valence-corrected chi connectivity index (χ0v) is 20.1. The highest BCUT2D eigenvalue weighted by molar-refractivity contribution is 6.04. The van der Waals surface area contributed by atoms with Crippen molar-refractivity contribution < 1.29 is 9.59 Å². The van der Waals surface area contributed by atoms with Gasteiger partial charge in [0.05, 0.1) is 0 Å². The first kappa shape index (κ1) is 24.0. The van der Waals surface area contributed by atoms with Crippen LogP contribution >= 0.6 is 0 Å². The number of nitrogens with two attached hydrogens (primary N) is 2. The Morgan fingerprint density at radius 3 is 2.69 bits per heavy atom. The molecule has 1 aromatic carbocycles. The van der Waals surface area contributed by atoms with Crippen molar-refractivity contribution in [3.8, 4) is 11.3 Å². The predicted octanol–water partition coefficient (Wildman–Crippen LogP) is 3.29. The molecule has 0 spiro atoms. The zero-order valence-electron chi connectivity index (χ0n) is 20.1. The first-order chi connectivity index (χ1) is 16.9. The number of aromatic nitrogens is 3. The number of imidazole rings is 1. The Balaban J connectivity index is 1.59. The third-order valence-electron chi connectivity index (χ3n) is 6.24. The van der Waals surface area contributed by atoms with Crippen LogP contribution in [-0.2, 0) is 6.42 Å². The zero-order chi connectivity index (χ0) is 24.9. The highest BCUT2D eigenvalue weighted by Crippen LogP contribution is 2.31. The van der Waals surface area contributed by atoms with Crippen LogP contribution in [0, 0.1) is 0 Å². The van der Waals surface area contributed by atoms with Crippen molar-refractivity contribution in [3.63, 3.8) is 0 Å². The number of carbonyl (C=O) groups is 2. The molecular weight excluding hydrogens is 442 g/mol. The molecule has 0 radical (unpaired) electrons. The van der Waals surface area contributed by atoms with E-state index in [4.69, 9.17) is 16.6 Å². The average molecular weight is 474 g/mol. The number of piperidine rings is 1. The predicted molar refractivity (Wildman–Crippen MR) is 136 cm³/mol. The molecule has 0 unspecified atom stereocenters. The van der Waals surface area contributed by atoms with Gasteiger partial charge in [0.2, 0.25) is 0 Å². The topological polar surface area (TPSA) is 132 Å². The molecule has 182 valence electrons. The highest BCUT2D eigenvalue weighted by Gasteiger charge is 2.29. The summed E-state index contributed by atoms with van der Waals surface area (Å²) in [7, 11) is 0. The standard InChI is InChI=1S/C26H31N7O2/c1-3-13-32-14-5-6-20(16-32)25-31-22(23(24(27)34)33(25)28)18-7-9-19(10-8-18)26(35)30-21-15-17(4-2)11-12-29-21/h3,7-13,15,20H,4-6,14,16,28H2,1-2H3,(H2,27,34)(H,29,30,35)/t20-/m1/s1. The second-order valence-corrected chi connectivity index (χ2v) is 8.65. The summed E-state index contributed by atoms with van der Waals surface area (Å²) in [5.41, 5.74) is 8.46. The minimum atomic E-state index is -0.647. The van der Waals surface area contributed by atoms with Crippen molar-refractivity contribution in [3.05, 3.63) is 77.5 Å². The summed E-state index contributed by atoms with van der Waals surface area (Å²) in [5, 5.41) is 2.82. The number of amides is 2. The van der Waals surface area contributed by atoms with E-state index < -0.39 is 5.91 Å². The number of rotatable bonds is 7. The molecule has 1 saturated heterocycles. The van der Waals surface area contributed by atoms with E-state index >= 15 is 0 Å². The summed E-state index contributed by atoms with van der Waals surface area (Å²) < 4.78 is 1.33. The van der Waals surface area contributed by atoms with E-state index in [1.807, 2.05) is 32.1 Å². The summed E-state index contributed by atoms with van der Waals surface area (Å²) in [6.07, 6.45) is 8.52. The van der Waals surface area contributed by atoms with Crippen molar-refractivity contribution in [1.82, 2.24) is 19.5 Å². The van der Waals surface area contributed by atoms with Gasteiger partial charge in [0, 0.05) is 36.3 Å². The monoisotopic (exact) mass is 473 g/mol. The second-order valence-electron chi connectivity index (χ2n) is 8.65. The molecule has 1 atom stereocenters. The van der Waals surface area contributed by atoms with Crippen molar-refractivity contribution in [2.45, 2.75) is 39.0 Å². The van der Waals surface area contributed by atoms with Gasteiger partial charge >= 0.3 is 0 Å². The third-order valence-corrected chi connectivity index (χ3v) is 6.24. The average Bonchev–Trinajstić information content (AvgIpc) is 3.22. The van der Waals surface area contributed by atoms with Crippen molar-refractivity contribution in [1.29, 1.82) is 0 Å². The molecule has 2 aromatic heterocycles. The van der Waals surface area contributed by atoms with Crippen molar-refractivity contribution >= 4 is 17.6 Å². The van der Waals surface area contributed by atoms with Crippen LogP contribution in [0.15, 0.2) is 54.9 Å². The van der Waals surface area contributed by atoms with Crippen LogP contribution in [0.1, 0.15) is 64.8 Å². The third kappa shape index (κ3) is 5.18. The van der Waals surface area contributed by atoms with Gasteiger partial charge < -0.3 is 21.8 Å². The molecular formula is C26H31N7O2. The Hall–Kier alpha value is -4.14. The van der Waals surface area contributed by atoms with Crippen LogP contribution in [0.4, 0.5) is 5.82 Å². The fourth-order valence-corrected chi connectivity index (χ4v) is 4.47. The number of allylic oxidation sites excluding steroid dienone is 1. The lowest BCUT2D eigenvalue weighted by Gasteiger charge is -2.31. The van der Waals surface area contributed by atoms with Crippen LogP contribution in [-0.4, -0.2) is 44.4 Å². The van der Waals surface area contributed by atoms with E-state index in [1.165, 1.54) is 4.68 Å². The molecule has 1 aliphatic rings. The van der Waals surface area contributed by atoms with Crippen molar-refractivity contribution in [2.24, 2.45) is 5.73 Å². The lowest BCUT2D eigenvalue weighted by molar-refractivity contribution is 0.0991. The summed E-state index contributed by atoms with van der Waals surface area (Å²) in [4.78, 5) is 36.2. The van der Waals surface area contributed by atoms with Gasteiger partial charge in [0.15, 0.2) is 5.69 Å². The number of hydrogen-bond acceptors (Lipinski definition) is 6. The normalized spacial score (nSPS) is 15.9. The van der Waals surface area contributed by atoms with Crippen LogP contribution < -0.4 is 16.9 Å². The summed E-state index contributed by atoms with van der Waals surface area (Å²) in [5.74, 6) is 6.61. The minimum absolute atomic E-state index is 0.0771. The summed E-state index contributed by atoms with van der Waals surface area (Å²) in [6, 6.07) is 10.6. The number of anilines is 1. The van der Waals surface area contributed by atoms with E-state index in [-0.39, 0.29) is 17.5 Å². The van der Waals surface area contributed by atoms with Gasteiger partial charge in [-0.1, -0.05) is 25.1 Å². The van der Waals surface area contributed by atoms with E-state index in [0.29, 0.717) is 28.5 Å². The lowest BCUT2D eigenvalue weighted by Crippen LogP contribution is -2.33. The Bertz CT molecular complexity index is 1250. The molecule has 3 aromatic rings. The summed E-state index contributed by atoms with van der Waals surface area (Å²) in [6.45, 7) is 5.77. The SMILES string of the molecule is CC=CN1CCC[C@@H](c2nc(-c3ccc(C(=O)Nc4cc(CC)ccn4)cc3)c(C(N)=O)n2N)C1. The molecule has 0 aliphatic carbocycles. The number of likely N-dealkylation sites (tertiary alicyclic amines) is 1. The maximum atomic E-state index is 12.7. The molecule has 4 rings (SSSR count). The van der Waals surface area contributed by atoms with Crippen LogP contribution in [0.3, 0.4) is 0 Å². The number of pyridine rings is 1.